The first-order chi connectivity index (χ1) is 6.00. The predicted molar refractivity (Wildman–Crippen MR) is 58.0 cm³/mol. The summed E-state index contributed by atoms with van der Waals surface area (Å²) in [6.45, 7) is 13.0. The molecule has 0 unspecified atom stereocenters. The van der Waals surface area contributed by atoms with Gasteiger partial charge in [-0.2, -0.15) is 0 Å². The standard InChI is InChI=1S/C11H24N2/c1-9(2)6-13-7-10(3)12(5)11(4)8-13/h9-11H,6-8H2,1-5H3/t10-,11-/m0/s1. The molecule has 13 heavy (non-hydrogen) atoms. The number of rotatable bonds is 2. The summed E-state index contributed by atoms with van der Waals surface area (Å²) in [6, 6.07) is 1.42. The smallest absolute Gasteiger partial charge is 0.0195 e. The quantitative estimate of drug-likeness (QED) is 0.644. The van der Waals surface area contributed by atoms with Gasteiger partial charge in [0.1, 0.15) is 0 Å². The zero-order valence-electron chi connectivity index (χ0n) is 9.75. The van der Waals surface area contributed by atoms with Crippen molar-refractivity contribution in [2.45, 2.75) is 39.8 Å². The lowest BCUT2D eigenvalue weighted by Crippen LogP contribution is -2.55. The second-order valence-corrected chi connectivity index (χ2v) is 4.98. The third kappa shape index (κ3) is 2.96. The summed E-state index contributed by atoms with van der Waals surface area (Å²) in [7, 11) is 2.24. The molecule has 1 aliphatic rings. The number of hydrogen-bond acceptors (Lipinski definition) is 2. The van der Waals surface area contributed by atoms with Crippen molar-refractivity contribution >= 4 is 0 Å². The molecule has 0 aromatic carbocycles. The maximum absolute atomic E-state index is 2.60. The van der Waals surface area contributed by atoms with Crippen LogP contribution in [0.4, 0.5) is 0 Å². The van der Waals surface area contributed by atoms with E-state index >= 15 is 0 Å². The molecule has 1 aliphatic heterocycles. The van der Waals surface area contributed by atoms with Gasteiger partial charge in [0, 0.05) is 31.7 Å². The van der Waals surface area contributed by atoms with Gasteiger partial charge in [0.25, 0.3) is 0 Å². The van der Waals surface area contributed by atoms with E-state index in [2.05, 4.69) is 44.5 Å². The molecule has 2 nitrogen and oxygen atoms in total. The van der Waals surface area contributed by atoms with Crippen LogP contribution in [0, 0.1) is 5.92 Å². The summed E-state index contributed by atoms with van der Waals surface area (Å²) in [6.07, 6.45) is 0. The van der Waals surface area contributed by atoms with Crippen molar-refractivity contribution in [3.05, 3.63) is 0 Å². The summed E-state index contributed by atoms with van der Waals surface area (Å²) in [4.78, 5) is 5.08. The predicted octanol–water partition coefficient (Wildman–Crippen LogP) is 1.67. The highest BCUT2D eigenvalue weighted by Crippen LogP contribution is 2.14. The Balaban J connectivity index is 2.44. The van der Waals surface area contributed by atoms with Gasteiger partial charge in [0.05, 0.1) is 0 Å². The normalized spacial score (nSPS) is 32.8. The maximum atomic E-state index is 2.60. The van der Waals surface area contributed by atoms with Gasteiger partial charge in [-0.1, -0.05) is 13.8 Å². The van der Waals surface area contributed by atoms with Crippen molar-refractivity contribution in [2.75, 3.05) is 26.7 Å². The second kappa shape index (κ2) is 4.43. The molecule has 0 bridgehead atoms. The van der Waals surface area contributed by atoms with Gasteiger partial charge >= 0.3 is 0 Å². The third-order valence-electron chi connectivity index (χ3n) is 3.06. The molecule has 0 spiro atoms. The molecule has 2 atom stereocenters. The number of hydrogen-bond donors (Lipinski definition) is 0. The fraction of sp³-hybridized carbons (Fsp3) is 1.00. The van der Waals surface area contributed by atoms with E-state index in [1.165, 1.54) is 19.6 Å². The van der Waals surface area contributed by atoms with Gasteiger partial charge in [0.2, 0.25) is 0 Å². The zero-order chi connectivity index (χ0) is 10.0. The Bertz CT molecular complexity index is 144. The maximum Gasteiger partial charge on any atom is 0.0195 e. The Labute approximate surface area is 82.9 Å². The summed E-state index contributed by atoms with van der Waals surface area (Å²) in [5.41, 5.74) is 0. The second-order valence-electron chi connectivity index (χ2n) is 4.98. The lowest BCUT2D eigenvalue weighted by atomic mass is 10.1. The summed E-state index contributed by atoms with van der Waals surface area (Å²) in [5, 5.41) is 0. The third-order valence-corrected chi connectivity index (χ3v) is 3.06. The molecule has 1 heterocycles. The molecule has 0 saturated carbocycles. The Hall–Kier alpha value is -0.0800. The number of piperazine rings is 1. The van der Waals surface area contributed by atoms with Crippen LogP contribution in [0.25, 0.3) is 0 Å². The van der Waals surface area contributed by atoms with Crippen molar-refractivity contribution in [3.63, 3.8) is 0 Å². The van der Waals surface area contributed by atoms with Gasteiger partial charge in [-0.05, 0) is 26.8 Å². The van der Waals surface area contributed by atoms with Crippen LogP contribution in [-0.2, 0) is 0 Å². The van der Waals surface area contributed by atoms with E-state index in [0.29, 0.717) is 12.1 Å². The molecule has 0 aromatic rings. The fourth-order valence-corrected chi connectivity index (χ4v) is 2.18. The largest absolute Gasteiger partial charge is 0.300 e. The van der Waals surface area contributed by atoms with E-state index in [9.17, 15) is 0 Å². The van der Waals surface area contributed by atoms with Crippen molar-refractivity contribution in [1.29, 1.82) is 0 Å². The lowest BCUT2D eigenvalue weighted by Gasteiger charge is -2.43. The molecule has 78 valence electrons. The molecule has 0 aromatic heterocycles. The Morgan fingerprint density at radius 3 is 2.00 bits per heavy atom. The van der Waals surface area contributed by atoms with Crippen molar-refractivity contribution < 1.29 is 0 Å². The average molecular weight is 184 g/mol. The summed E-state index contributed by atoms with van der Waals surface area (Å²) >= 11 is 0. The van der Waals surface area contributed by atoms with Crippen LogP contribution in [0.2, 0.25) is 0 Å². The Morgan fingerprint density at radius 2 is 1.62 bits per heavy atom. The van der Waals surface area contributed by atoms with Gasteiger partial charge in [0.15, 0.2) is 0 Å². The van der Waals surface area contributed by atoms with Gasteiger partial charge in [-0.3, -0.25) is 9.80 Å². The molecule has 1 rings (SSSR count). The molecule has 0 amide bonds. The molecule has 0 radical (unpaired) electrons. The highest BCUT2D eigenvalue weighted by Gasteiger charge is 2.26. The molecular weight excluding hydrogens is 160 g/mol. The van der Waals surface area contributed by atoms with Crippen molar-refractivity contribution in [2.24, 2.45) is 5.92 Å². The van der Waals surface area contributed by atoms with Crippen LogP contribution in [-0.4, -0.2) is 48.6 Å². The first-order valence-corrected chi connectivity index (χ1v) is 5.45. The molecular formula is C11H24N2. The number of nitrogens with zero attached hydrogens (tertiary/aromatic N) is 2. The number of likely N-dealkylation sites (N-methyl/N-ethyl adjacent to an activating group) is 1. The van der Waals surface area contributed by atoms with E-state index in [-0.39, 0.29) is 0 Å². The minimum absolute atomic E-state index is 0.711. The monoisotopic (exact) mass is 184 g/mol. The van der Waals surface area contributed by atoms with Crippen LogP contribution in [0.5, 0.6) is 0 Å². The Kier molecular flexibility index (Phi) is 3.74. The van der Waals surface area contributed by atoms with Crippen LogP contribution in [0.1, 0.15) is 27.7 Å². The molecule has 1 fully saturated rings. The highest BCUT2D eigenvalue weighted by molar-refractivity contribution is 4.82. The van der Waals surface area contributed by atoms with E-state index in [4.69, 9.17) is 0 Å². The van der Waals surface area contributed by atoms with Crippen LogP contribution >= 0.6 is 0 Å². The van der Waals surface area contributed by atoms with Gasteiger partial charge in [-0.25, -0.2) is 0 Å². The minimum Gasteiger partial charge on any atom is -0.300 e. The SMILES string of the molecule is CC(C)CN1C[C@H](C)N(C)[C@@H](C)C1. The zero-order valence-corrected chi connectivity index (χ0v) is 9.75. The molecule has 1 saturated heterocycles. The van der Waals surface area contributed by atoms with Crippen LogP contribution in [0.15, 0.2) is 0 Å². The Morgan fingerprint density at radius 1 is 1.15 bits per heavy atom. The van der Waals surface area contributed by atoms with Crippen LogP contribution < -0.4 is 0 Å². The van der Waals surface area contributed by atoms with E-state index < -0.39 is 0 Å². The van der Waals surface area contributed by atoms with E-state index in [1.54, 1.807) is 0 Å². The molecule has 0 N–H and O–H groups in total. The molecule has 0 aliphatic carbocycles. The highest BCUT2D eigenvalue weighted by atomic mass is 15.3. The first kappa shape index (κ1) is 11.0. The van der Waals surface area contributed by atoms with Crippen molar-refractivity contribution in [1.82, 2.24) is 9.80 Å². The summed E-state index contributed by atoms with van der Waals surface area (Å²) < 4.78 is 0. The average Bonchev–Trinajstić information content (AvgIpc) is 1.98. The van der Waals surface area contributed by atoms with Gasteiger partial charge in [-0.15, -0.1) is 0 Å². The van der Waals surface area contributed by atoms with Crippen molar-refractivity contribution in [3.8, 4) is 0 Å². The van der Waals surface area contributed by atoms with Gasteiger partial charge < -0.3 is 0 Å². The first-order valence-electron chi connectivity index (χ1n) is 5.45. The minimum atomic E-state index is 0.711. The molecule has 2 heteroatoms. The van der Waals surface area contributed by atoms with Crippen LogP contribution in [0.3, 0.4) is 0 Å². The lowest BCUT2D eigenvalue weighted by molar-refractivity contribution is 0.0535. The fourth-order valence-electron chi connectivity index (χ4n) is 2.18. The topological polar surface area (TPSA) is 6.48 Å². The van der Waals surface area contributed by atoms with E-state index in [0.717, 1.165) is 5.92 Å². The summed E-state index contributed by atoms with van der Waals surface area (Å²) in [5.74, 6) is 0.794. The van der Waals surface area contributed by atoms with E-state index in [1.807, 2.05) is 0 Å².